The summed E-state index contributed by atoms with van der Waals surface area (Å²) >= 11 is 0. The monoisotopic (exact) mass is 407 g/mol. The first-order valence-electron chi connectivity index (χ1n) is 9.50. The van der Waals surface area contributed by atoms with Crippen molar-refractivity contribution in [3.8, 4) is 5.88 Å². The van der Waals surface area contributed by atoms with Gasteiger partial charge in [-0.3, -0.25) is 13.9 Å². The number of rotatable bonds is 4. The second-order valence-corrected chi connectivity index (χ2v) is 7.45. The maximum absolute atomic E-state index is 13.3. The van der Waals surface area contributed by atoms with Gasteiger partial charge in [0.05, 0.1) is 12.2 Å². The zero-order valence-electron chi connectivity index (χ0n) is 15.9. The lowest BCUT2D eigenvalue weighted by Gasteiger charge is -2.18. The molecule has 0 atom stereocenters. The maximum atomic E-state index is 13.3. The van der Waals surface area contributed by atoms with E-state index in [0.29, 0.717) is 18.7 Å². The van der Waals surface area contributed by atoms with Crippen molar-refractivity contribution in [1.82, 2.24) is 13.7 Å². The van der Waals surface area contributed by atoms with Crippen LogP contribution < -0.4 is 5.69 Å². The fraction of sp³-hybridized carbons (Fsp3) is 0.182. The average molecular weight is 407 g/mol. The summed E-state index contributed by atoms with van der Waals surface area (Å²) in [7, 11) is 0. The lowest BCUT2D eigenvalue weighted by Crippen LogP contribution is -2.30. The van der Waals surface area contributed by atoms with E-state index in [0.717, 1.165) is 32.3 Å². The second kappa shape index (κ2) is 6.62. The summed E-state index contributed by atoms with van der Waals surface area (Å²) in [4.78, 5) is 23.9. The Hall–Kier alpha value is -3.81. The summed E-state index contributed by atoms with van der Waals surface area (Å²) in [6.07, 6.45) is 0.319. The Kier molecular flexibility index (Phi) is 4.02. The van der Waals surface area contributed by atoms with Gasteiger partial charge in [-0.15, -0.1) is 0 Å². The topological polar surface area (TPSA) is 89.4 Å². The fourth-order valence-corrected chi connectivity index (χ4v) is 4.32. The number of hydrogen-bond donors (Lipinski definition) is 2. The van der Waals surface area contributed by atoms with E-state index in [-0.39, 0.29) is 18.2 Å². The lowest BCUT2D eigenvalue weighted by molar-refractivity contribution is -0.137. The van der Waals surface area contributed by atoms with Crippen molar-refractivity contribution >= 4 is 16.9 Å². The molecule has 0 saturated carbocycles. The molecule has 3 heterocycles. The Bertz CT molecular complexity index is 1360. The second-order valence-electron chi connectivity index (χ2n) is 7.45. The van der Waals surface area contributed by atoms with E-state index in [4.69, 9.17) is 5.11 Å². The molecule has 152 valence electrons. The van der Waals surface area contributed by atoms with Crippen LogP contribution in [-0.2, 0) is 30.8 Å². The minimum Gasteiger partial charge on any atom is -0.493 e. The van der Waals surface area contributed by atoms with Crippen LogP contribution in [0.3, 0.4) is 0 Å². The third-order valence-corrected chi connectivity index (χ3v) is 5.69. The van der Waals surface area contributed by atoms with Gasteiger partial charge in [-0.2, -0.15) is 0 Å². The molecule has 0 amide bonds. The molecule has 2 aromatic carbocycles. The Morgan fingerprint density at radius 2 is 1.77 bits per heavy atom. The van der Waals surface area contributed by atoms with Crippen LogP contribution in [0.15, 0.2) is 53.3 Å². The fourth-order valence-electron chi connectivity index (χ4n) is 4.32. The normalized spacial score (nSPS) is 12.7. The predicted octanol–water partition coefficient (Wildman–Crippen LogP) is 2.53. The Balaban J connectivity index is 1.66. The summed E-state index contributed by atoms with van der Waals surface area (Å²) in [5, 5.41) is 20.6. The van der Waals surface area contributed by atoms with E-state index in [1.54, 1.807) is 12.1 Å². The number of aromatic nitrogens is 3. The van der Waals surface area contributed by atoms with Crippen LogP contribution in [0.1, 0.15) is 22.5 Å². The summed E-state index contributed by atoms with van der Waals surface area (Å²) in [6.45, 7) is 0.132. The van der Waals surface area contributed by atoms with Gasteiger partial charge in [0.2, 0.25) is 5.88 Å². The molecule has 5 rings (SSSR count). The van der Waals surface area contributed by atoms with E-state index in [1.807, 2.05) is 24.3 Å². The number of benzene rings is 2. The number of carboxylic acids is 1. The standard InChI is InChI=1S/C22H18FN3O4/c23-14-7-5-13(6-8-14)10-24-17-4-2-1-3-15(17)16-9-18-21(29)26(12-20(27)28)22(30)25(18)11-19(16)24/h1-8,29H,9-12H2,(H,27,28). The highest BCUT2D eigenvalue weighted by atomic mass is 19.1. The van der Waals surface area contributed by atoms with Crippen LogP contribution >= 0.6 is 0 Å². The summed E-state index contributed by atoms with van der Waals surface area (Å²) in [5.74, 6) is -1.80. The van der Waals surface area contributed by atoms with Crippen LogP contribution in [0.25, 0.3) is 10.9 Å². The number of carboxylic acid groups (broad SMARTS) is 1. The molecule has 0 aliphatic carbocycles. The van der Waals surface area contributed by atoms with Gasteiger partial charge < -0.3 is 14.8 Å². The molecule has 1 aliphatic heterocycles. The first-order chi connectivity index (χ1) is 14.4. The van der Waals surface area contributed by atoms with Crippen LogP contribution in [0.4, 0.5) is 4.39 Å². The largest absolute Gasteiger partial charge is 0.493 e. The van der Waals surface area contributed by atoms with Crippen molar-refractivity contribution in [2.45, 2.75) is 26.1 Å². The third kappa shape index (κ3) is 2.72. The zero-order valence-corrected chi connectivity index (χ0v) is 15.9. The molecule has 2 aromatic heterocycles. The van der Waals surface area contributed by atoms with Crippen molar-refractivity contribution in [3.05, 3.63) is 87.3 Å². The molecule has 0 fully saturated rings. The first-order valence-corrected chi connectivity index (χ1v) is 9.50. The third-order valence-electron chi connectivity index (χ3n) is 5.69. The Morgan fingerprint density at radius 3 is 2.50 bits per heavy atom. The average Bonchev–Trinajstić information content (AvgIpc) is 3.16. The van der Waals surface area contributed by atoms with Gasteiger partial charge in [0.1, 0.15) is 12.4 Å². The number of hydrogen-bond acceptors (Lipinski definition) is 3. The van der Waals surface area contributed by atoms with E-state index in [9.17, 15) is 19.1 Å². The zero-order chi connectivity index (χ0) is 21.0. The quantitative estimate of drug-likeness (QED) is 0.479. The molecule has 0 bridgehead atoms. The number of nitrogens with zero attached hydrogens (tertiary/aromatic N) is 3. The number of aromatic hydroxyl groups is 1. The predicted molar refractivity (Wildman–Crippen MR) is 107 cm³/mol. The van der Waals surface area contributed by atoms with E-state index in [1.165, 1.54) is 16.7 Å². The molecule has 1 aliphatic rings. The molecular formula is C22H18FN3O4. The molecule has 7 nitrogen and oxygen atoms in total. The minimum absolute atomic E-state index is 0.222. The number of aliphatic carboxylic acids is 1. The Labute approximate surface area is 169 Å². The van der Waals surface area contributed by atoms with Crippen molar-refractivity contribution in [2.24, 2.45) is 0 Å². The molecule has 8 heteroatoms. The number of imidazole rings is 1. The van der Waals surface area contributed by atoms with Gasteiger partial charge in [-0.1, -0.05) is 30.3 Å². The van der Waals surface area contributed by atoms with Crippen molar-refractivity contribution in [2.75, 3.05) is 0 Å². The highest BCUT2D eigenvalue weighted by Gasteiger charge is 2.29. The Morgan fingerprint density at radius 1 is 1.03 bits per heavy atom. The summed E-state index contributed by atoms with van der Waals surface area (Å²) in [6, 6.07) is 14.1. The molecule has 0 unspecified atom stereocenters. The molecule has 2 N–H and O–H groups in total. The SMILES string of the molecule is O=C(O)Cn1c(O)c2n(c1=O)Cc1c(c3ccccc3n1Cc1ccc(F)cc1)C2. The number of fused-ring (bicyclic) bond motifs is 4. The minimum atomic E-state index is -1.20. The summed E-state index contributed by atoms with van der Waals surface area (Å²) < 4.78 is 17.7. The van der Waals surface area contributed by atoms with E-state index in [2.05, 4.69) is 4.57 Å². The van der Waals surface area contributed by atoms with Gasteiger partial charge in [0.15, 0.2) is 0 Å². The lowest BCUT2D eigenvalue weighted by atomic mass is 10.0. The van der Waals surface area contributed by atoms with Crippen molar-refractivity contribution in [1.29, 1.82) is 0 Å². The number of halogens is 1. The first kappa shape index (κ1) is 18.2. The van der Waals surface area contributed by atoms with Crippen LogP contribution in [-0.4, -0.2) is 29.9 Å². The molecule has 4 aromatic rings. The van der Waals surface area contributed by atoms with Crippen molar-refractivity contribution in [3.63, 3.8) is 0 Å². The van der Waals surface area contributed by atoms with Crippen molar-refractivity contribution < 1.29 is 19.4 Å². The highest BCUT2D eigenvalue weighted by molar-refractivity contribution is 5.86. The summed E-state index contributed by atoms with van der Waals surface area (Å²) in [5.41, 5.74) is 3.69. The van der Waals surface area contributed by atoms with Gasteiger partial charge in [0.25, 0.3) is 0 Å². The van der Waals surface area contributed by atoms with Crippen LogP contribution in [0.5, 0.6) is 5.88 Å². The van der Waals surface area contributed by atoms with Crippen LogP contribution in [0.2, 0.25) is 0 Å². The van der Waals surface area contributed by atoms with Gasteiger partial charge in [-0.25, -0.2) is 9.18 Å². The number of carbonyl (C=O) groups is 1. The molecular weight excluding hydrogens is 389 g/mol. The maximum Gasteiger partial charge on any atom is 0.332 e. The van der Waals surface area contributed by atoms with Gasteiger partial charge >= 0.3 is 11.7 Å². The van der Waals surface area contributed by atoms with E-state index >= 15 is 0 Å². The van der Waals surface area contributed by atoms with Gasteiger partial charge in [-0.05, 0) is 29.3 Å². The number of para-hydroxylation sites is 1. The van der Waals surface area contributed by atoms with Crippen LogP contribution in [0, 0.1) is 5.82 Å². The van der Waals surface area contributed by atoms with Gasteiger partial charge in [0, 0.05) is 29.6 Å². The highest BCUT2D eigenvalue weighted by Crippen LogP contribution is 2.35. The molecule has 30 heavy (non-hydrogen) atoms. The molecule has 0 saturated heterocycles. The molecule has 0 spiro atoms. The smallest absolute Gasteiger partial charge is 0.332 e. The molecule has 0 radical (unpaired) electrons. The van der Waals surface area contributed by atoms with E-state index < -0.39 is 18.2 Å².